The van der Waals surface area contributed by atoms with E-state index in [9.17, 15) is 9.59 Å². The smallest absolute Gasteiger partial charge is 0.276 e. The standard InChI is InChI=1S/C19H21N7O2/c1-12-20-16(11-17(21-12)25(2)3)22-13-5-7-14(8-6-13)23-19(28)15-9-10-18(27)26(4)24-15/h5-11H,1-4H3,(H,23,28)(H,20,21,22). The average molecular weight is 379 g/mol. The van der Waals surface area contributed by atoms with E-state index in [1.807, 2.05) is 44.1 Å². The van der Waals surface area contributed by atoms with Gasteiger partial charge in [0.2, 0.25) is 0 Å². The van der Waals surface area contributed by atoms with Gasteiger partial charge >= 0.3 is 0 Å². The number of benzene rings is 1. The number of carbonyl (C=O) groups is 1. The quantitative estimate of drug-likeness (QED) is 0.698. The fourth-order valence-corrected chi connectivity index (χ4v) is 2.45. The van der Waals surface area contributed by atoms with Gasteiger partial charge in [-0.25, -0.2) is 14.6 Å². The van der Waals surface area contributed by atoms with Crippen molar-refractivity contribution in [1.29, 1.82) is 0 Å². The molecule has 9 nitrogen and oxygen atoms in total. The number of nitrogens with zero attached hydrogens (tertiary/aromatic N) is 5. The Morgan fingerprint density at radius 1 is 1.04 bits per heavy atom. The second-order valence-electron chi connectivity index (χ2n) is 6.39. The van der Waals surface area contributed by atoms with E-state index >= 15 is 0 Å². The summed E-state index contributed by atoms with van der Waals surface area (Å²) in [5.74, 6) is 1.77. The zero-order chi connectivity index (χ0) is 20.3. The van der Waals surface area contributed by atoms with Crippen LogP contribution in [0.5, 0.6) is 0 Å². The monoisotopic (exact) mass is 379 g/mol. The molecule has 3 rings (SSSR count). The molecule has 0 unspecified atom stereocenters. The van der Waals surface area contributed by atoms with Crippen molar-refractivity contribution in [1.82, 2.24) is 19.7 Å². The highest BCUT2D eigenvalue weighted by Crippen LogP contribution is 2.20. The summed E-state index contributed by atoms with van der Waals surface area (Å²) in [5, 5.41) is 9.91. The molecule has 28 heavy (non-hydrogen) atoms. The topological polar surface area (TPSA) is 105 Å². The first-order valence-corrected chi connectivity index (χ1v) is 8.57. The Morgan fingerprint density at radius 2 is 1.71 bits per heavy atom. The Hall–Kier alpha value is -3.75. The van der Waals surface area contributed by atoms with Gasteiger partial charge in [0.05, 0.1) is 0 Å². The molecule has 0 aliphatic heterocycles. The predicted molar refractivity (Wildman–Crippen MR) is 108 cm³/mol. The number of carbonyl (C=O) groups excluding carboxylic acids is 1. The molecule has 0 aliphatic carbocycles. The Kier molecular flexibility index (Phi) is 5.35. The molecule has 144 valence electrons. The lowest BCUT2D eigenvalue weighted by Crippen LogP contribution is -2.23. The number of hydrogen-bond donors (Lipinski definition) is 2. The zero-order valence-electron chi connectivity index (χ0n) is 16.1. The van der Waals surface area contributed by atoms with Crippen LogP contribution in [0, 0.1) is 6.92 Å². The largest absolute Gasteiger partial charge is 0.363 e. The van der Waals surface area contributed by atoms with E-state index in [1.54, 1.807) is 12.1 Å². The molecule has 2 N–H and O–H groups in total. The molecule has 0 fully saturated rings. The van der Waals surface area contributed by atoms with Crippen molar-refractivity contribution < 1.29 is 4.79 Å². The Bertz CT molecular complexity index is 1060. The minimum absolute atomic E-state index is 0.164. The van der Waals surface area contributed by atoms with E-state index in [0.29, 0.717) is 17.3 Å². The van der Waals surface area contributed by atoms with Crippen LogP contribution in [0.4, 0.5) is 23.0 Å². The van der Waals surface area contributed by atoms with E-state index in [4.69, 9.17) is 0 Å². The highest BCUT2D eigenvalue weighted by atomic mass is 16.2. The van der Waals surface area contributed by atoms with Gasteiger partial charge in [-0.2, -0.15) is 5.10 Å². The van der Waals surface area contributed by atoms with Gasteiger partial charge in [-0.1, -0.05) is 0 Å². The van der Waals surface area contributed by atoms with Gasteiger partial charge in [-0.05, 0) is 37.3 Å². The fourth-order valence-electron chi connectivity index (χ4n) is 2.45. The summed E-state index contributed by atoms with van der Waals surface area (Å²) >= 11 is 0. The first-order chi connectivity index (χ1) is 13.3. The maximum Gasteiger partial charge on any atom is 0.276 e. The summed E-state index contributed by atoms with van der Waals surface area (Å²) in [4.78, 5) is 34.3. The molecular formula is C19H21N7O2. The third kappa shape index (κ3) is 4.50. The molecule has 2 heterocycles. The Balaban J connectivity index is 1.70. The third-order valence-corrected chi connectivity index (χ3v) is 3.89. The number of aryl methyl sites for hydroxylation is 2. The molecule has 9 heteroatoms. The van der Waals surface area contributed by atoms with Crippen LogP contribution in [-0.4, -0.2) is 39.8 Å². The van der Waals surface area contributed by atoms with Crippen molar-refractivity contribution >= 4 is 28.9 Å². The number of nitrogens with one attached hydrogen (secondary N) is 2. The first kappa shape index (κ1) is 19.0. The molecule has 3 aromatic rings. The van der Waals surface area contributed by atoms with E-state index in [1.165, 1.54) is 19.2 Å². The van der Waals surface area contributed by atoms with Gasteiger partial charge in [0.25, 0.3) is 11.5 Å². The SMILES string of the molecule is Cc1nc(Nc2ccc(NC(=O)c3ccc(=O)n(C)n3)cc2)cc(N(C)C)n1. The van der Waals surface area contributed by atoms with Crippen LogP contribution in [0.15, 0.2) is 47.3 Å². The zero-order valence-corrected chi connectivity index (χ0v) is 16.1. The summed E-state index contributed by atoms with van der Waals surface area (Å²) in [6, 6.07) is 11.8. The molecule has 0 saturated heterocycles. The van der Waals surface area contributed by atoms with E-state index < -0.39 is 5.91 Å². The Morgan fingerprint density at radius 3 is 2.36 bits per heavy atom. The molecule has 2 aromatic heterocycles. The lowest BCUT2D eigenvalue weighted by Gasteiger charge is -2.14. The van der Waals surface area contributed by atoms with Gasteiger partial charge in [-0.15, -0.1) is 0 Å². The molecule has 0 spiro atoms. The molecular weight excluding hydrogens is 358 g/mol. The summed E-state index contributed by atoms with van der Waals surface area (Å²) in [6.45, 7) is 1.84. The van der Waals surface area contributed by atoms with Crippen molar-refractivity contribution in [3.05, 3.63) is 64.3 Å². The second-order valence-corrected chi connectivity index (χ2v) is 6.39. The normalized spacial score (nSPS) is 10.4. The van der Waals surface area contributed by atoms with Crippen LogP contribution >= 0.6 is 0 Å². The van der Waals surface area contributed by atoms with Gasteiger partial charge in [0.15, 0.2) is 0 Å². The predicted octanol–water partition coefficient (Wildman–Crippen LogP) is 1.94. The number of hydrogen-bond acceptors (Lipinski definition) is 7. The van der Waals surface area contributed by atoms with Crippen LogP contribution < -0.4 is 21.1 Å². The average Bonchev–Trinajstić information content (AvgIpc) is 2.65. The number of aromatic nitrogens is 4. The molecule has 1 aromatic carbocycles. The number of anilines is 4. The first-order valence-electron chi connectivity index (χ1n) is 8.57. The van der Waals surface area contributed by atoms with Crippen molar-refractivity contribution in [3.63, 3.8) is 0 Å². The summed E-state index contributed by atoms with van der Waals surface area (Å²) in [6.07, 6.45) is 0. The molecule has 1 amide bonds. The summed E-state index contributed by atoms with van der Waals surface area (Å²) in [7, 11) is 5.33. The minimum atomic E-state index is -0.390. The third-order valence-electron chi connectivity index (χ3n) is 3.89. The van der Waals surface area contributed by atoms with Gasteiger partial charge in [-0.3, -0.25) is 9.59 Å². The van der Waals surface area contributed by atoms with Gasteiger partial charge < -0.3 is 15.5 Å². The molecule has 0 saturated carbocycles. The lowest BCUT2D eigenvalue weighted by atomic mass is 10.2. The molecule has 0 radical (unpaired) electrons. The molecule has 0 aliphatic rings. The van der Waals surface area contributed by atoms with E-state index in [-0.39, 0.29) is 11.3 Å². The molecule has 0 atom stereocenters. The minimum Gasteiger partial charge on any atom is -0.363 e. The van der Waals surface area contributed by atoms with E-state index in [0.717, 1.165) is 16.2 Å². The Labute approximate surface area is 162 Å². The van der Waals surface area contributed by atoms with Crippen LogP contribution in [-0.2, 0) is 7.05 Å². The maximum absolute atomic E-state index is 12.3. The van der Waals surface area contributed by atoms with Crippen LogP contribution in [0.3, 0.4) is 0 Å². The van der Waals surface area contributed by atoms with Crippen LogP contribution in [0.1, 0.15) is 16.3 Å². The van der Waals surface area contributed by atoms with Crippen molar-refractivity contribution in [3.8, 4) is 0 Å². The second kappa shape index (κ2) is 7.87. The summed E-state index contributed by atoms with van der Waals surface area (Å²) in [5.41, 5.74) is 1.32. The summed E-state index contributed by atoms with van der Waals surface area (Å²) < 4.78 is 1.12. The van der Waals surface area contributed by atoms with Crippen molar-refractivity contribution in [2.75, 3.05) is 29.6 Å². The van der Waals surface area contributed by atoms with Crippen molar-refractivity contribution in [2.24, 2.45) is 7.05 Å². The highest BCUT2D eigenvalue weighted by Gasteiger charge is 2.09. The van der Waals surface area contributed by atoms with Crippen LogP contribution in [0.25, 0.3) is 0 Å². The van der Waals surface area contributed by atoms with E-state index in [2.05, 4.69) is 25.7 Å². The number of rotatable bonds is 5. The lowest BCUT2D eigenvalue weighted by molar-refractivity contribution is 0.102. The van der Waals surface area contributed by atoms with Crippen LogP contribution in [0.2, 0.25) is 0 Å². The number of amides is 1. The highest BCUT2D eigenvalue weighted by molar-refractivity contribution is 6.02. The fraction of sp³-hybridized carbons (Fsp3) is 0.211. The van der Waals surface area contributed by atoms with Gasteiger partial charge in [0.1, 0.15) is 23.2 Å². The maximum atomic E-state index is 12.3. The molecule has 0 bridgehead atoms. The van der Waals surface area contributed by atoms with Crippen molar-refractivity contribution in [2.45, 2.75) is 6.92 Å². The van der Waals surface area contributed by atoms with Gasteiger partial charge in [0, 0.05) is 44.7 Å².